The maximum absolute atomic E-state index is 12.5. The van der Waals surface area contributed by atoms with Gasteiger partial charge in [-0.2, -0.15) is 0 Å². The minimum atomic E-state index is -0.846. The Morgan fingerprint density at radius 1 is 0.370 bits per heavy atom. The predicted molar refractivity (Wildman–Crippen MR) is 320 cm³/mol. The van der Waals surface area contributed by atoms with Crippen molar-refractivity contribution in [2.45, 2.75) is 379 Å². The molecule has 0 aliphatic carbocycles. The van der Waals surface area contributed by atoms with E-state index < -0.39 is 12.1 Å². The number of carbonyl (C=O) groups is 2. The van der Waals surface area contributed by atoms with Gasteiger partial charge in [-0.15, -0.1) is 0 Å². The van der Waals surface area contributed by atoms with Gasteiger partial charge in [0, 0.05) is 12.8 Å². The maximum atomic E-state index is 12.5. The standard InChI is InChI=1S/C67H129NO5/c1-3-5-7-9-11-13-15-17-19-33-37-41-45-49-53-57-61-67(72)73-62-58-54-50-46-42-38-34-30-28-26-24-22-20-21-23-25-27-29-32-36-40-44-48-52-56-60-66(71)68-64(63-69)65(70)59-55-51-47-43-39-35-31-18-16-14-12-10-8-6-4-2/h21,23,55,59,64-65,69-70H,3-20,22,24-54,56-58,60-63H2,1-2H3,(H,68,71)/b23-21-,59-55+. The van der Waals surface area contributed by atoms with Crippen LogP contribution in [0.5, 0.6) is 0 Å². The van der Waals surface area contributed by atoms with Gasteiger partial charge in [-0.05, 0) is 57.8 Å². The molecular weight excluding hydrogens is 899 g/mol. The lowest BCUT2D eigenvalue weighted by Crippen LogP contribution is -2.45. The van der Waals surface area contributed by atoms with Crippen molar-refractivity contribution >= 4 is 11.9 Å². The second kappa shape index (κ2) is 62.9. The van der Waals surface area contributed by atoms with Crippen LogP contribution in [0, 0.1) is 0 Å². The second-order valence-corrected chi connectivity index (χ2v) is 22.8. The summed E-state index contributed by atoms with van der Waals surface area (Å²) in [5.74, 6) is -0.0521. The molecule has 0 aromatic heterocycles. The van der Waals surface area contributed by atoms with Crippen molar-refractivity contribution < 1.29 is 24.5 Å². The monoisotopic (exact) mass is 1030 g/mol. The molecule has 432 valence electrons. The Labute approximate surface area is 456 Å². The number of carbonyl (C=O) groups excluding carboxylic acids is 2. The van der Waals surface area contributed by atoms with Crippen LogP contribution in [0.4, 0.5) is 0 Å². The van der Waals surface area contributed by atoms with E-state index in [0.717, 1.165) is 38.5 Å². The lowest BCUT2D eigenvalue weighted by Gasteiger charge is -2.20. The van der Waals surface area contributed by atoms with Crippen LogP contribution >= 0.6 is 0 Å². The molecule has 0 aliphatic heterocycles. The molecule has 73 heavy (non-hydrogen) atoms. The molecule has 0 aliphatic rings. The summed E-state index contributed by atoms with van der Waals surface area (Å²) < 4.78 is 5.50. The predicted octanol–water partition coefficient (Wildman–Crippen LogP) is 21.0. The average molecular weight is 1030 g/mol. The highest BCUT2D eigenvalue weighted by molar-refractivity contribution is 5.76. The van der Waals surface area contributed by atoms with Crippen molar-refractivity contribution in [2.24, 2.45) is 0 Å². The number of amides is 1. The third kappa shape index (κ3) is 59.4. The number of unbranched alkanes of at least 4 members (excludes halogenated alkanes) is 49. The van der Waals surface area contributed by atoms with E-state index in [2.05, 4.69) is 31.3 Å². The molecule has 0 heterocycles. The number of hydrogen-bond donors (Lipinski definition) is 3. The van der Waals surface area contributed by atoms with Gasteiger partial charge in [0.15, 0.2) is 0 Å². The summed E-state index contributed by atoms with van der Waals surface area (Å²) >= 11 is 0. The van der Waals surface area contributed by atoms with E-state index in [9.17, 15) is 19.8 Å². The van der Waals surface area contributed by atoms with Crippen molar-refractivity contribution in [3.8, 4) is 0 Å². The molecule has 3 N–H and O–H groups in total. The first kappa shape index (κ1) is 71.3. The van der Waals surface area contributed by atoms with Crippen LogP contribution in [-0.4, -0.2) is 47.4 Å². The number of nitrogens with one attached hydrogen (secondary N) is 1. The van der Waals surface area contributed by atoms with Gasteiger partial charge >= 0.3 is 5.97 Å². The Hall–Kier alpha value is -1.66. The zero-order chi connectivity index (χ0) is 52.9. The topological polar surface area (TPSA) is 95.9 Å². The van der Waals surface area contributed by atoms with E-state index in [1.807, 2.05) is 6.08 Å². The molecule has 1 amide bonds. The average Bonchev–Trinajstić information content (AvgIpc) is 3.39. The molecule has 2 atom stereocenters. The summed E-state index contributed by atoms with van der Waals surface area (Å²) in [6.07, 6.45) is 78.1. The molecule has 0 rings (SSSR count). The zero-order valence-electron chi connectivity index (χ0n) is 49.4. The van der Waals surface area contributed by atoms with Crippen molar-refractivity contribution in [1.82, 2.24) is 5.32 Å². The molecule has 0 aromatic carbocycles. The molecule has 0 aromatic rings. The number of esters is 1. The van der Waals surface area contributed by atoms with Gasteiger partial charge in [-0.1, -0.05) is 321 Å². The second-order valence-electron chi connectivity index (χ2n) is 22.8. The Kier molecular flexibility index (Phi) is 61.4. The van der Waals surface area contributed by atoms with Gasteiger partial charge in [-0.3, -0.25) is 9.59 Å². The Bertz CT molecular complexity index is 1140. The quantitative estimate of drug-likeness (QED) is 0.0320. The van der Waals surface area contributed by atoms with E-state index in [1.54, 1.807) is 6.08 Å². The molecule has 0 fully saturated rings. The van der Waals surface area contributed by atoms with Crippen LogP contribution in [0.2, 0.25) is 0 Å². The minimum absolute atomic E-state index is 0.0170. The van der Waals surface area contributed by atoms with Gasteiger partial charge in [0.2, 0.25) is 5.91 Å². The Balaban J connectivity index is 3.39. The van der Waals surface area contributed by atoms with Crippen molar-refractivity contribution in [3.05, 3.63) is 24.3 Å². The summed E-state index contributed by atoms with van der Waals surface area (Å²) in [5, 5.41) is 23.1. The number of aliphatic hydroxyl groups excluding tert-OH is 2. The van der Waals surface area contributed by atoms with Crippen LogP contribution in [0.15, 0.2) is 24.3 Å². The van der Waals surface area contributed by atoms with Crippen LogP contribution in [-0.2, 0) is 14.3 Å². The molecule has 0 saturated heterocycles. The third-order valence-electron chi connectivity index (χ3n) is 15.5. The van der Waals surface area contributed by atoms with Gasteiger partial charge < -0.3 is 20.3 Å². The highest BCUT2D eigenvalue weighted by atomic mass is 16.5. The van der Waals surface area contributed by atoms with Gasteiger partial charge in [0.25, 0.3) is 0 Å². The number of ether oxygens (including phenoxy) is 1. The van der Waals surface area contributed by atoms with E-state index >= 15 is 0 Å². The van der Waals surface area contributed by atoms with Gasteiger partial charge in [0.1, 0.15) is 0 Å². The number of aliphatic hydroxyl groups is 2. The number of rotatable bonds is 62. The largest absolute Gasteiger partial charge is 0.466 e. The molecule has 0 spiro atoms. The molecule has 0 saturated carbocycles. The molecule has 6 heteroatoms. The molecule has 2 unspecified atom stereocenters. The lowest BCUT2D eigenvalue weighted by atomic mass is 10.0. The molecule has 0 radical (unpaired) electrons. The third-order valence-corrected chi connectivity index (χ3v) is 15.5. The van der Waals surface area contributed by atoms with E-state index in [0.29, 0.717) is 19.4 Å². The summed E-state index contributed by atoms with van der Waals surface area (Å²) in [5.41, 5.74) is 0. The fourth-order valence-corrected chi connectivity index (χ4v) is 10.4. The zero-order valence-corrected chi connectivity index (χ0v) is 49.4. The summed E-state index contributed by atoms with van der Waals surface area (Å²) in [6, 6.07) is -0.630. The first-order valence-corrected chi connectivity index (χ1v) is 33.1. The van der Waals surface area contributed by atoms with Crippen LogP contribution in [0.3, 0.4) is 0 Å². The Morgan fingerprint density at radius 3 is 0.973 bits per heavy atom. The normalized spacial score (nSPS) is 12.7. The van der Waals surface area contributed by atoms with Gasteiger partial charge in [-0.25, -0.2) is 0 Å². The van der Waals surface area contributed by atoms with Crippen LogP contribution < -0.4 is 5.32 Å². The number of hydrogen-bond acceptors (Lipinski definition) is 5. The van der Waals surface area contributed by atoms with Crippen molar-refractivity contribution in [2.75, 3.05) is 13.2 Å². The minimum Gasteiger partial charge on any atom is -0.466 e. The van der Waals surface area contributed by atoms with E-state index in [4.69, 9.17) is 4.74 Å². The van der Waals surface area contributed by atoms with E-state index in [-0.39, 0.29) is 18.5 Å². The molecular formula is C67H129NO5. The molecule has 0 bridgehead atoms. The van der Waals surface area contributed by atoms with Crippen molar-refractivity contribution in [3.63, 3.8) is 0 Å². The number of allylic oxidation sites excluding steroid dienone is 3. The summed E-state index contributed by atoms with van der Waals surface area (Å²) in [6.45, 7) is 4.93. The SMILES string of the molecule is CCCCCCCCCCCCCCC/C=C/C(O)C(CO)NC(=O)CCCCCCCCCCC/C=C\CCCCCCCCCCCCCCOC(=O)CCCCCCCCCCCCCCCCCC. The fourth-order valence-electron chi connectivity index (χ4n) is 10.4. The maximum Gasteiger partial charge on any atom is 0.305 e. The van der Waals surface area contributed by atoms with Crippen LogP contribution in [0.25, 0.3) is 0 Å². The van der Waals surface area contributed by atoms with Gasteiger partial charge in [0.05, 0.1) is 25.4 Å². The molecule has 6 nitrogen and oxygen atoms in total. The van der Waals surface area contributed by atoms with Crippen molar-refractivity contribution in [1.29, 1.82) is 0 Å². The first-order chi connectivity index (χ1) is 36.0. The highest BCUT2D eigenvalue weighted by Gasteiger charge is 2.18. The van der Waals surface area contributed by atoms with E-state index in [1.165, 1.54) is 302 Å². The summed E-state index contributed by atoms with van der Waals surface area (Å²) in [7, 11) is 0. The Morgan fingerprint density at radius 2 is 0.644 bits per heavy atom. The lowest BCUT2D eigenvalue weighted by molar-refractivity contribution is -0.143. The smallest absolute Gasteiger partial charge is 0.305 e. The highest BCUT2D eigenvalue weighted by Crippen LogP contribution is 2.18. The fraction of sp³-hybridized carbons (Fsp3) is 0.910. The first-order valence-electron chi connectivity index (χ1n) is 33.1. The van der Waals surface area contributed by atoms with Crippen LogP contribution in [0.1, 0.15) is 367 Å². The summed E-state index contributed by atoms with van der Waals surface area (Å²) in [4.78, 5) is 24.6.